The first-order valence-electron chi connectivity index (χ1n) is 4.70. The van der Waals surface area contributed by atoms with Crippen LogP contribution in [0.3, 0.4) is 0 Å². The lowest BCUT2D eigenvalue weighted by Gasteiger charge is -2.18. The molecule has 0 spiro atoms. The molecule has 60 valence electrons. The van der Waals surface area contributed by atoms with Crippen molar-refractivity contribution < 1.29 is 0 Å². The minimum absolute atomic E-state index is 0.897. The third-order valence-electron chi connectivity index (χ3n) is 3.84. The Labute approximate surface area is 68.1 Å². The van der Waals surface area contributed by atoms with Crippen molar-refractivity contribution in [1.29, 1.82) is 0 Å². The second-order valence-corrected chi connectivity index (χ2v) is 4.53. The third kappa shape index (κ3) is 0.652. The fraction of sp³-hybridized carbons (Fsp3) is 0.800. The Morgan fingerprint density at radius 1 is 1.55 bits per heavy atom. The Balaban J connectivity index is 1.85. The van der Waals surface area contributed by atoms with E-state index in [-0.39, 0.29) is 0 Å². The average molecular weight is 149 g/mol. The molecule has 11 heavy (non-hydrogen) atoms. The van der Waals surface area contributed by atoms with E-state index in [2.05, 4.69) is 18.4 Å². The minimum Gasteiger partial charge on any atom is -0.293 e. The lowest BCUT2D eigenvalue weighted by molar-refractivity contribution is 0.264. The van der Waals surface area contributed by atoms with Gasteiger partial charge in [0.15, 0.2) is 0 Å². The summed E-state index contributed by atoms with van der Waals surface area (Å²) in [5, 5.41) is 0. The third-order valence-corrected chi connectivity index (χ3v) is 3.84. The van der Waals surface area contributed by atoms with Crippen LogP contribution in [-0.2, 0) is 0 Å². The molecule has 0 amide bonds. The summed E-state index contributed by atoms with van der Waals surface area (Å²) >= 11 is 0. The maximum Gasteiger partial charge on any atom is 0.0197 e. The lowest BCUT2D eigenvalue weighted by atomic mass is 10.1. The van der Waals surface area contributed by atoms with Crippen LogP contribution in [-0.4, -0.2) is 23.5 Å². The highest BCUT2D eigenvalue weighted by atomic mass is 15.3. The molecule has 0 N–H and O–H groups in total. The fourth-order valence-corrected chi connectivity index (χ4v) is 3.21. The highest BCUT2D eigenvalue weighted by molar-refractivity contribution is 5.20. The smallest absolute Gasteiger partial charge is 0.0197 e. The largest absolute Gasteiger partial charge is 0.293 e. The van der Waals surface area contributed by atoms with Gasteiger partial charge >= 0.3 is 0 Å². The minimum atomic E-state index is 0.897. The highest BCUT2D eigenvalue weighted by Gasteiger charge is 2.59. The van der Waals surface area contributed by atoms with Crippen LogP contribution in [0.2, 0.25) is 0 Å². The fourth-order valence-electron chi connectivity index (χ4n) is 3.21. The number of fused-ring (bicyclic) bond motifs is 3. The standard InChI is InChI=1S/C10H15N/c1-6-3-8-4-9-7(2)10(9)11(8)5-6/h7-10H,1,3-5H2,2H3/t7?,8-,9-,10-/m1/s1. The molecular formula is C10H15N. The zero-order valence-corrected chi connectivity index (χ0v) is 7.09. The van der Waals surface area contributed by atoms with Crippen LogP contribution in [0.5, 0.6) is 0 Å². The van der Waals surface area contributed by atoms with Gasteiger partial charge in [0.1, 0.15) is 0 Å². The molecule has 2 heterocycles. The molecule has 0 aromatic rings. The molecule has 3 fully saturated rings. The van der Waals surface area contributed by atoms with Crippen LogP contribution < -0.4 is 0 Å². The van der Waals surface area contributed by atoms with Gasteiger partial charge in [-0.15, -0.1) is 0 Å². The Morgan fingerprint density at radius 3 is 3.18 bits per heavy atom. The van der Waals surface area contributed by atoms with E-state index in [1.807, 2.05) is 0 Å². The first-order valence-corrected chi connectivity index (χ1v) is 4.70. The summed E-state index contributed by atoms with van der Waals surface area (Å²) in [5.41, 5.74) is 1.47. The van der Waals surface area contributed by atoms with Gasteiger partial charge in [-0.25, -0.2) is 0 Å². The quantitative estimate of drug-likeness (QED) is 0.473. The maximum absolute atomic E-state index is 4.07. The zero-order chi connectivity index (χ0) is 7.59. The number of hydrogen-bond acceptors (Lipinski definition) is 1. The van der Waals surface area contributed by atoms with E-state index in [1.165, 1.54) is 25.0 Å². The number of rotatable bonds is 0. The average Bonchev–Trinajstić information content (AvgIpc) is 2.36. The van der Waals surface area contributed by atoms with Crippen molar-refractivity contribution >= 4 is 0 Å². The van der Waals surface area contributed by atoms with E-state index in [0.717, 1.165) is 23.9 Å². The van der Waals surface area contributed by atoms with Crippen LogP contribution in [0.1, 0.15) is 19.8 Å². The van der Waals surface area contributed by atoms with Gasteiger partial charge < -0.3 is 0 Å². The molecule has 0 aromatic carbocycles. The van der Waals surface area contributed by atoms with E-state index in [0.29, 0.717) is 0 Å². The molecule has 1 nitrogen and oxygen atoms in total. The second kappa shape index (κ2) is 1.71. The molecule has 0 radical (unpaired) electrons. The zero-order valence-electron chi connectivity index (χ0n) is 7.09. The molecule has 1 heteroatoms. The molecular weight excluding hydrogens is 134 g/mol. The SMILES string of the molecule is C=C1C[C@@H]2C[C@@H]3C(C)[C@H]3N2C1. The molecule has 1 aliphatic carbocycles. The van der Waals surface area contributed by atoms with Crippen molar-refractivity contribution in [1.82, 2.24) is 4.90 Å². The highest BCUT2D eigenvalue weighted by Crippen LogP contribution is 2.55. The molecule has 2 saturated heterocycles. The number of nitrogens with zero attached hydrogens (tertiary/aromatic N) is 1. The van der Waals surface area contributed by atoms with E-state index < -0.39 is 0 Å². The van der Waals surface area contributed by atoms with Gasteiger partial charge in [-0.05, 0) is 24.7 Å². The van der Waals surface area contributed by atoms with Crippen LogP contribution in [0.15, 0.2) is 12.2 Å². The lowest BCUT2D eigenvalue weighted by Crippen LogP contribution is -2.27. The van der Waals surface area contributed by atoms with Crippen molar-refractivity contribution in [2.75, 3.05) is 6.54 Å². The van der Waals surface area contributed by atoms with Crippen molar-refractivity contribution in [2.45, 2.75) is 31.8 Å². The van der Waals surface area contributed by atoms with Gasteiger partial charge in [-0.3, -0.25) is 4.90 Å². The van der Waals surface area contributed by atoms with Crippen LogP contribution >= 0.6 is 0 Å². The summed E-state index contributed by atoms with van der Waals surface area (Å²) in [6, 6.07) is 1.85. The second-order valence-electron chi connectivity index (χ2n) is 4.53. The van der Waals surface area contributed by atoms with Crippen LogP contribution in [0.4, 0.5) is 0 Å². The van der Waals surface area contributed by atoms with Crippen molar-refractivity contribution in [3.63, 3.8) is 0 Å². The Bertz CT molecular complexity index is 221. The first kappa shape index (κ1) is 6.24. The summed E-state index contributed by atoms with van der Waals surface area (Å²) in [7, 11) is 0. The van der Waals surface area contributed by atoms with Crippen LogP contribution in [0.25, 0.3) is 0 Å². The molecule has 3 rings (SSSR count). The summed E-state index contributed by atoms with van der Waals surface area (Å²) in [6.45, 7) is 7.67. The summed E-state index contributed by atoms with van der Waals surface area (Å²) in [6.07, 6.45) is 2.75. The molecule has 1 unspecified atom stereocenters. The number of piperidine rings is 1. The topological polar surface area (TPSA) is 3.24 Å². The predicted octanol–water partition coefficient (Wildman–Crippen LogP) is 1.66. The molecule has 0 aromatic heterocycles. The predicted molar refractivity (Wildman–Crippen MR) is 45.3 cm³/mol. The summed E-state index contributed by atoms with van der Waals surface area (Å²) in [5.74, 6) is 2.06. The molecule has 1 saturated carbocycles. The Hall–Kier alpha value is -0.300. The number of hydrogen-bond donors (Lipinski definition) is 0. The monoisotopic (exact) mass is 149 g/mol. The van der Waals surface area contributed by atoms with Gasteiger partial charge in [-0.2, -0.15) is 0 Å². The van der Waals surface area contributed by atoms with E-state index in [9.17, 15) is 0 Å². The van der Waals surface area contributed by atoms with Crippen LogP contribution in [0, 0.1) is 11.8 Å². The van der Waals surface area contributed by atoms with E-state index >= 15 is 0 Å². The van der Waals surface area contributed by atoms with Gasteiger partial charge in [0.05, 0.1) is 0 Å². The van der Waals surface area contributed by atoms with Crippen molar-refractivity contribution in [3.05, 3.63) is 12.2 Å². The van der Waals surface area contributed by atoms with Gasteiger partial charge in [0.25, 0.3) is 0 Å². The maximum atomic E-state index is 4.07. The Morgan fingerprint density at radius 2 is 2.36 bits per heavy atom. The molecule has 4 atom stereocenters. The van der Waals surface area contributed by atoms with E-state index in [4.69, 9.17) is 0 Å². The van der Waals surface area contributed by atoms with Gasteiger partial charge in [0, 0.05) is 18.6 Å². The summed E-state index contributed by atoms with van der Waals surface area (Å²) < 4.78 is 0. The molecule has 2 aliphatic heterocycles. The summed E-state index contributed by atoms with van der Waals surface area (Å²) in [4.78, 5) is 2.69. The van der Waals surface area contributed by atoms with Crippen molar-refractivity contribution in [3.8, 4) is 0 Å². The first-order chi connectivity index (χ1) is 5.27. The molecule has 3 aliphatic rings. The van der Waals surface area contributed by atoms with Crippen molar-refractivity contribution in [2.24, 2.45) is 11.8 Å². The van der Waals surface area contributed by atoms with Gasteiger partial charge in [-0.1, -0.05) is 19.1 Å². The Kier molecular flexibility index (Phi) is 0.972. The normalized spacial score (nSPS) is 54.5. The van der Waals surface area contributed by atoms with E-state index in [1.54, 1.807) is 0 Å². The molecule has 0 bridgehead atoms. The van der Waals surface area contributed by atoms with Gasteiger partial charge in [0.2, 0.25) is 0 Å².